The van der Waals surface area contributed by atoms with Crippen LogP contribution in [0.25, 0.3) is 0 Å². The molecule has 4 aromatic rings. The number of anilines is 1. The monoisotopic (exact) mass is 722 g/mol. The van der Waals surface area contributed by atoms with Gasteiger partial charge in [-0.1, -0.05) is 0 Å². The van der Waals surface area contributed by atoms with E-state index in [0.717, 1.165) is 40.1 Å². The van der Waals surface area contributed by atoms with Crippen LogP contribution in [0.5, 0.6) is 0 Å². The van der Waals surface area contributed by atoms with Crippen molar-refractivity contribution in [1.29, 1.82) is 0 Å². The summed E-state index contributed by atoms with van der Waals surface area (Å²) in [6.45, 7) is 29.6. The van der Waals surface area contributed by atoms with Gasteiger partial charge in [-0.3, -0.25) is 0 Å². The summed E-state index contributed by atoms with van der Waals surface area (Å²) in [5.74, 6) is 1.74. The van der Waals surface area contributed by atoms with Crippen molar-refractivity contribution < 1.29 is 48.3 Å². The standard InChI is InChI=1S/C36H38N2O2.5CO.Cr/c1-26-21-22-30(36(2,3)28-16-9-5-10-17-28)33(24-26)40-25-31-34(32-20-13-23-39-32)35(27-14-7-4-8-15-27)37-38(31)29-18-11-6-12-19-29;5*1-2;/h4-20,23,26,30-31,33-34H,21-22,24H2,1-3H3;;;;;;/t26-,30-,31-,33-,34+;;;;;;/m1....../s1. The van der Waals surface area contributed by atoms with Gasteiger partial charge in [0.05, 0.1) is 0 Å². The number of rotatable bonds is 8. The average Bonchev–Trinajstić information content (AvgIpc) is 3.89. The van der Waals surface area contributed by atoms with Crippen LogP contribution in [0.3, 0.4) is 0 Å². The summed E-state index contributed by atoms with van der Waals surface area (Å²) in [5.41, 5.74) is 4.43. The molecular weight excluding hydrogens is 684 g/mol. The first-order valence-electron chi connectivity index (χ1n) is 15.7. The average molecular weight is 723 g/mol. The number of hydrazone groups is 1. The molecule has 51 heavy (non-hydrogen) atoms. The number of hydrogen-bond acceptors (Lipinski definition) is 4. The van der Waals surface area contributed by atoms with Crippen LogP contribution in [-0.2, 0) is 49.3 Å². The fraction of sp³-hybridized carbons (Fsp3) is 0.293. The van der Waals surface area contributed by atoms with Crippen LogP contribution < -0.4 is 5.01 Å². The Labute approximate surface area is 308 Å². The van der Waals surface area contributed by atoms with Crippen LogP contribution in [0.1, 0.15) is 62.8 Å². The molecule has 3 aromatic carbocycles. The van der Waals surface area contributed by atoms with Gasteiger partial charge in [-0.25, -0.2) is 0 Å². The second-order valence-electron chi connectivity index (χ2n) is 12.1. The van der Waals surface area contributed by atoms with Crippen molar-refractivity contribution in [2.75, 3.05) is 5.01 Å². The molecule has 1 aromatic heterocycles. The third kappa shape index (κ3) is 11.2. The minimum atomic E-state index is -0.198. The van der Waals surface area contributed by atoms with E-state index in [-0.39, 0.29) is 23.5 Å². The van der Waals surface area contributed by atoms with Gasteiger partial charge < -0.3 is 0 Å². The van der Waals surface area contributed by atoms with Gasteiger partial charge in [0, 0.05) is 0 Å². The SMILES string of the molecule is C[C@@H]1CC[C@@H](C(C)(C)c2ccccc2)[C@H](O[C](=[Cr])[C@@H]2[C@@H](c3ccco3)C(c3ccccc3)=NN2c2ccccc2)C1.[C-]#[O+].[C-]#[O+].[C-]#[O+].[C-]#[O+].[C-]#[O+]. The summed E-state index contributed by atoms with van der Waals surface area (Å²) in [7, 11) is 0. The molecule has 2 aliphatic rings. The second kappa shape index (κ2) is 23.8. The van der Waals surface area contributed by atoms with Crippen molar-refractivity contribution in [3.8, 4) is 0 Å². The third-order valence-electron chi connectivity index (χ3n) is 9.04. The summed E-state index contributed by atoms with van der Waals surface area (Å²) in [4.78, 5) is 0. The van der Waals surface area contributed by atoms with Crippen molar-refractivity contribution in [2.24, 2.45) is 16.9 Å². The summed E-state index contributed by atoms with van der Waals surface area (Å²) < 4.78 is 51.6. The zero-order valence-corrected chi connectivity index (χ0v) is 29.8. The Morgan fingerprint density at radius 3 is 1.82 bits per heavy atom. The van der Waals surface area contributed by atoms with Gasteiger partial charge in [0.15, 0.2) is 0 Å². The molecule has 260 valence electrons. The van der Waals surface area contributed by atoms with Crippen LogP contribution in [0, 0.1) is 45.1 Å². The predicted molar refractivity (Wildman–Crippen MR) is 183 cm³/mol. The van der Waals surface area contributed by atoms with Crippen molar-refractivity contribution in [3.63, 3.8) is 0 Å². The molecule has 0 spiro atoms. The van der Waals surface area contributed by atoms with Gasteiger partial charge in [-0.15, -0.1) is 0 Å². The number of nitrogens with zero attached hydrogens (tertiary/aromatic N) is 2. The second-order valence-corrected chi connectivity index (χ2v) is 12.7. The molecule has 1 aliphatic carbocycles. The Bertz CT molecular complexity index is 1680. The Hall–Kier alpha value is -4.53. The minimum absolute atomic E-state index is 0.0206. The fourth-order valence-electron chi connectivity index (χ4n) is 6.76. The van der Waals surface area contributed by atoms with Gasteiger partial charge in [-0.2, -0.15) is 0 Å². The molecule has 9 nitrogen and oxygen atoms in total. The van der Waals surface area contributed by atoms with Crippen molar-refractivity contribution in [3.05, 3.63) is 160 Å². The molecule has 2 heterocycles. The molecule has 6 rings (SSSR count). The van der Waals surface area contributed by atoms with Gasteiger partial charge >= 0.3 is 309 Å². The molecule has 0 bridgehead atoms. The molecule has 0 unspecified atom stereocenters. The summed E-state index contributed by atoms with van der Waals surface area (Å²) >= 11 is 3.39. The molecular formula is C41H38CrN2O7. The van der Waals surface area contributed by atoms with Crippen LogP contribution in [0.4, 0.5) is 5.69 Å². The molecule has 1 aliphatic heterocycles. The van der Waals surface area contributed by atoms with Crippen molar-refractivity contribution >= 4 is 16.0 Å². The maximum atomic E-state index is 7.50. The molecule has 5 atom stereocenters. The first kappa shape index (κ1) is 44.5. The van der Waals surface area contributed by atoms with Gasteiger partial charge in [0.25, 0.3) is 0 Å². The van der Waals surface area contributed by atoms with E-state index in [1.54, 1.807) is 6.26 Å². The zero-order chi connectivity index (χ0) is 38.4. The first-order valence-corrected chi connectivity index (χ1v) is 16.4. The summed E-state index contributed by atoms with van der Waals surface area (Å²) in [6.07, 6.45) is 5.23. The number of benzene rings is 3. The summed E-state index contributed by atoms with van der Waals surface area (Å²) in [6, 6.07) is 35.6. The fourth-order valence-corrected chi connectivity index (χ4v) is 7.32. The maximum absolute atomic E-state index is 7.50. The van der Waals surface area contributed by atoms with E-state index in [0.29, 0.717) is 11.8 Å². The normalized spacial score (nSPS) is 20.1. The van der Waals surface area contributed by atoms with Crippen LogP contribution in [0.2, 0.25) is 0 Å². The van der Waals surface area contributed by atoms with Crippen LogP contribution in [0.15, 0.2) is 119 Å². The Balaban J connectivity index is 0.00000120. The first-order chi connectivity index (χ1) is 24.9. The number of para-hydroxylation sites is 1. The van der Waals surface area contributed by atoms with Gasteiger partial charge in [0.2, 0.25) is 0 Å². The molecule has 0 radical (unpaired) electrons. The Kier molecular flexibility index (Phi) is 20.8. The van der Waals surface area contributed by atoms with E-state index in [1.807, 2.05) is 18.2 Å². The molecule has 0 saturated heterocycles. The zero-order valence-electron chi connectivity index (χ0n) is 28.6. The third-order valence-corrected chi connectivity index (χ3v) is 9.56. The summed E-state index contributed by atoms with van der Waals surface area (Å²) in [5, 5.41) is 7.38. The van der Waals surface area contributed by atoms with Gasteiger partial charge in [0.1, 0.15) is 0 Å². The molecule has 1 saturated carbocycles. The number of hydrogen-bond donors (Lipinski definition) is 0. The van der Waals surface area contributed by atoms with Crippen LogP contribution >= 0.6 is 0 Å². The van der Waals surface area contributed by atoms with E-state index in [9.17, 15) is 0 Å². The van der Waals surface area contributed by atoms with E-state index >= 15 is 0 Å². The molecule has 1 fully saturated rings. The molecule has 0 amide bonds. The quantitative estimate of drug-likeness (QED) is 0.135. The molecule has 10 heteroatoms. The number of ether oxygens (including phenoxy) is 1. The van der Waals surface area contributed by atoms with Gasteiger partial charge in [-0.05, 0) is 0 Å². The predicted octanol–water partition coefficient (Wildman–Crippen LogP) is 7.94. The van der Waals surface area contributed by atoms with E-state index in [2.05, 4.69) is 160 Å². The topological polar surface area (TPSA) is 137 Å². The van der Waals surface area contributed by atoms with Crippen molar-refractivity contribution in [1.82, 2.24) is 0 Å². The van der Waals surface area contributed by atoms with E-state index in [4.69, 9.17) is 37.5 Å². The van der Waals surface area contributed by atoms with Crippen LogP contribution in [-0.4, -0.2) is 22.4 Å². The Morgan fingerprint density at radius 1 is 0.765 bits per heavy atom. The number of furan rings is 1. The van der Waals surface area contributed by atoms with E-state index < -0.39 is 0 Å². The van der Waals surface area contributed by atoms with Crippen molar-refractivity contribution in [2.45, 2.75) is 63.5 Å². The molecule has 0 N–H and O–H groups in total. The van der Waals surface area contributed by atoms with E-state index in [1.165, 1.54) is 12.0 Å². The Morgan fingerprint density at radius 2 is 1.29 bits per heavy atom.